The molecule has 0 N–H and O–H groups in total. The maximum Gasteiger partial charge on any atom is 0.417 e. The Bertz CT molecular complexity index is 1850. The quantitative estimate of drug-likeness (QED) is 0.219. The van der Waals surface area contributed by atoms with Crippen molar-refractivity contribution >= 4 is 32.4 Å². The summed E-state index contributed by atoms with van der Waals surface area (Å²) in [5, 5.41) is 5.10. The van der Waals surface area contributed by atoms with E-state index in [1.807, 2.05) is 18.2 Å². The van der Waals surface area contributed by atoms with Crippen LogP contribution in [0.2, 0.25) is 0 Å². The molecular formula is C33H25F3N2. The first-order valence-corrected chi connectivity index (χ1v) is 12.5. The van der Waals surface area contributed by atoms with Crippen LogP contribution < -0.4 is 0 Å². The van der Waals surface area contributed by atoms with Gasteiger partial charge in [-0.2, -0.15) is 13.2 Å². The van der Waals surface area contributed by atoms with E-state index in [0.717, 1.165) is 38.9 Å². The number of hydrogen-bond acceptors (Lipinski definition) is 2. The van der Waals surface area contributed by atoms with E-state index in [1.165, 1.54) is 23.1 Å². The second-order valence-electron chi connectivity index (χ2n) is 10.6. The molecule has 0 aliphatic rings. The number of hydrogen-bond donors (Lipinski definition) is 0. The third-order valence-electron chi connectivity index (χ3n) is 7.10. The minimum absolute atomic E-state index is 0.0613. The lowest BCUT2D eigenvalue weighted by molar-refractivity contribution is -0.137. The van der Waals surface area contributed by atoms with Crippen molar-refractivity contribution in [1.82, 2.24) is 9.97 Å². The topological polar surface area (TPSA) is 25.8 Å². The van der Waals surface area contributed by atoms with Crippen molar-refractivity contribution in [2.24, 2.45) is 0 Å². The predicted octanol–water partition coefficient (Wildman–Crippen LogP) is 9.59. The minimum Gasteiger partial charge on any atom is -0.256 e. The van der Waals surface area contributed by atoms with Crippen molar-refractivity contribution in [1.29, 1.82) is 0 Å². The molecule has 2 nitrogen and oxygen atoms in total. The zero-order valence-electron chi connectivity index (χ0n) is 21.3. The van der Waals surface area contributed by atoms with Gasteiger partial charge in [0.1, 0.15) is 0 Å². The Morgan fingerprint density at radius 1 is 0.605 bits per heavy atom. The van der Waals surface area contributed by atoms with Crippen molar-refractivity contribution in [2.45, 2.75) is 32.4 Å². The van der Waals surface area contributed by atoms with E-state index in [1.54, 1.807) is 30.6 Å². The van der Waals surface area contributed by atoms with Crippen molar-refractivity contribution in [3.05, 3.63) is 108 Å². The summed E-state index contributed by atoms with van der Waals surface area (Å²) in [7, 11) is 0. The van der Waals surface area contributed by atoms with Crippen LogP contribution in [0.3, 0.4) is 0 Å². The molecule has 0 aliphatic heterocycles. The fraction of sp³-hybridized carbons (Fsp3) is 0.152. The van der Waals surface area contributed by atoms with E-state index in [2.05, 4.69) is 56.1 Å². The largest absolute Gasteiger partial charge is 0.417 e. The lowest BCUT2D eigenvalue weighted by atomic mass is 9.82. The number of halogens is 3. The number of benzene rings is 4. The van der Waals surface area contributed by atoms with Gasteiger partial charge in [0.2, 0.25) is 0 Å². The fourth-order valence-corrected chi connectivity index (χ4v) is 5.29. The molecule has 2 heterocycles. The lowest BCUT2D eigenvalue weighted by Gasteiger charge is -2.23. The molecule has 0 radical (unpaired) electrons. The third kappa shape index (κ3) is 4.08. The van der Waals surface area contributed by atoms with Crippen LogP contribution in [0, 0.1) is 0 Å². The molecule has 0 fully saturated rings. The Labute approximate surface area is 218 Å². The molecule has 0 spiro atoms. The van der Waals surface area contributed by atoms with Crippen LogP contribution >= 0.6 is 0 Å². The van der Waals surface area contributed by atoms with Gasteiger partial charge < -0.3 is 0 Å². The van der Waals surface area contributed by atoms with Crippen molar-refractivity contribution in [2.75, 3.05) is 0 Å². The van der Waals surface area contributed by atoms with Crippen LogP contribution in [-0.2, 0) is 11.6 Å². The highest BCUT2D eigenvalue weighted by molar-refractivity contribution is 6.10. The summed E-state index contributed by atoms with van der Waals surface area (Å²) >= 11 is 0. The second kappa shape index (κ2) is 8.66. The van der Waals surface area contributed by atoms with Gasteiger partial charge in [0.25, 0.3) is 0 Å². The van der Waals surface area contributed by atoms with E-state index in [9.17, 15) is 13.2 Å². The van der Waals surface area contributed by atoms with Gasteiger partial charge in [-0.3, -0.25) is 9.97 Å². The van der Waals surface area contributed by atoms with E-state index in [4.69, 9.17) is 4.98 Å². The molecule has 0 saturated heterocycles. The average Bonchev–Trinajstić information content (AvgIpc) is 2.90. The summed E-state index contributed by atoms with van der Waals surface area (Å²) in [5.74, 6) is 0. The van der Waals surface area contributed by atoms with Gasteiger partial charge in [0, 0.05) is 28.7 Å². The molecule has 0 amide bonds. The normalized spacial score (nSPS) is 12.5. The average molecular weight is 507 g/mol. The van der Waals surface area contributed by atoms with Gasteiger partial charge in [0.05, 0.1) is 16.8 Å². The highest BCUT2D eigenvalue weighted by atomic mass is 19.4. The number of rotatable bonds is 2. The molecule has 0 bridgehead atoms. The van der Waals surface area contributed by atoms with Crippen LogP contribution in [0.15, 0.2) is 97.3 Å². The van der Waals surface area contributed by atoms with Gasteiger partial charge in [-0.1, -0.05) is 75.4 Å². The Balaban J connectivity index is 1.55. The predicted molar refractivity (Wildman–Crippen MR) is 149 cm³/mol. The second-order valence-corrected chi connectivity index (χ2v) is 10.6. The lowest BCUT2D eigenvalue weighted by Crippen LogP contribution is -2.12. The highest BCUT2D eigenvalue weighted by Gasteiger charge is 2.33. The van der Waals surface area contributed by atoms with Crippen LogP contribution in [0.5, 0.6) is 0 Å². The third-order valence-corrected chi connectivity index (χ3v) is 7.10. The number of nitrogens with zero attached hydrogens (tertiary/aromatic N) is 2. The van der Waals surface area contributed by atoms with Crippen molar-refractivity contribution in [3.63, 3.8) is 0 Å². The smallest absolute Gasteiger partial charge is 0.256 e. The first kappa shape index (κ1) is 24.1. The monoisotopic (exact) mass is 506 g/mol. The van der Waals surface area contributed by atoms with Crippen molar-refractivity contribution in [3.8, 4) is 22.4 Å². The number of pyridine rings is 2. The van der Waals surface area contributed by atoms with Gasteiger partial charge >= 0.3 is 6.18 Å². The minimum atomic E-state index is -4.44. The van der Waals surface area contributed by atoms with E-state index in [0.29, 0.717) is 11.1 Å². The summed E-state index contributed by atoms with van der Waals surface area (Å²) in [5.41, 5.74) is 3.63. The molecule has 6 aromatic rings. The highest BCUT2D eigenvalue weighted by Crippen LogP contribution is 2.40. The summed E-state index contributed by atoms with van der Waals surface area (Å²) < 4.78 is 40.9. The molecule has 0 unspecified atom stereocenters. The summed E-state index contributed by atoms with van der Waals surface area (Å²) in [4.78, 5) is 9.44. The van der Waals surface area contributed by atoms with E-state index < -0.39 is 11.7 Å². The first-order valence-electron chi connectivity index (χ1n) is 12.5. The van der Waals surface area contributed by atoms with Gasteiger partial charge in [-0.25, -0.2) is 0 Å². The summed E-state index contributed by atoms with van der Waals surface area (Å²) in [6.45, 7) is 6.62. The molecule has 2 aromatic heterocycles. The van der Waals surface area contributed by atoms with Crippen LogP contribution in [0.1, 0.15) is 31.9 Å². The standard InChI is InChI=1S/C33H25F3N2/c1-32(2,3)29-17-22(16-20-8-4-5-10-24(20)29)31-27-19-38-30-18-21(12-13-26(30)25(27)14-15-37-31)23-9-6-7-11-28(23)33(34,35)36/h4-19H,1-3H3. The Morgan fingerprint density at radius 2 is 1.37 bits per heavy atom. The van der Waals surface area contributed by atoms with E-state index >= 15 is 0 Å². The molecule has 188 valence electrons. The van der Waals surface area contributed by atoms with Crippen LogP contribution in [0.4, 0.5) is 13.2 Å². The Hall–Kier alpha value is -4.25. The van der Waals surface area contributed by atoms with Gasteiger partial charge in [-0.05, 0) is 68.6 Å². The zero-order valence-corrected chi connectivity index (χ0v) is 21.3. The molecular weight excluding hydrogens is 481 g/mol. The molecule has 0 atom stereocenters. The van der Waals surface area contributed by atoms with Gasteiger partial charge in [0.15, 0.2) is 0 Å². The molecule has 5 heteroatoms. The maximum atomic E-state index is 13.6. The van der Waals surface area contributed by atoms with Crippen molar-refractivity contribution < 1.29 is 13.2 Å². The molecule has 4 aromatic carbocycles. The van der Waals surface area contributed by atoms with E-state index in [-0.39, 0.29) is 11.0 Å². The zero-order chi connectivity index (χ0) is 26.7. The molecule has 0 aliphatic carbocycles. The summed E-state index contributed by atoms with van der Waals surface area (Å²) in [6, 6.07) is 25.7. The SMILES string of the molecule is CC(C)(C)c1cc(-c2nccc3c2cnc2cc(-c4ccccc4C(F)(F)F)ccc23)cc2ccccc12. The molecule has 38 heavy (non-hydrogen) atoms. The molecule has 0 saturated carbocycles. The number of alkyl halides is 3. The Morgan fingerprint density at radius 3 is 2.16 bits per heavy atom. The summed E-state index contributed by atoms with van der Waals surface area (Å²) in [6.07, 6.45) is -0.865. The first-order chi connectivity index (χ1) is 18.1. The van der Waals surface area contributed by atoms with Crippen LogP contribution in [0.25, 0.3) is 54.8 Å². The Kier molecular flexibility index (Phi) is 5.49. The molecule has 6 rings (SSSR count). The number of fused-ring (bicyclic) bond motifs is 4. The van der Waals surface area contributed by atoms with Gasteiger partial charge in [-0.15, -0.1) is 0 Å². The number of aromatic nitrogens is 2. The van der Waals surface area contributed by atoms with Crippen LogP contribution in [-0.4, -0.2) is 9.97 Å². The fourth-order valence-electron chi connectivity index (χ4n) is 5.29. The maximum absolute atomic E-state index is 13.6.